The molecular weight excluding hydrogens is 426 g/mol. The Labute approximate surface area is 198 Å². The molecule has 4 aliphatic rings. The van der Waals surface area contributed by atoms with Crippen molar-refractivity contribution in [2.75, 3.05) is 0 Å². The van der Waals surface area contributed by atoms with Crippen LogP contribution in [0.25, 0.3) is 11.2 Å². The van der Waals surface area contributed by atoms with E-state index in [1.54, 1.807) is 4.57 Å². The summed E-state index contributed by atoms with van der Waals surface area (Å²) < 4.78 is 5.07. The van der Waals surface area contributed by atoms with Crippen LogP contribution >= 0.6 is 0 Å². The summed E-state index contributed by atoms with van der Waals surface area (Å²) >= 11 is 0. The Hall–Kier alpha value is -3.14. The van der Waals surface area contributed by atoms with Gasteiger partial charge >= 0.3 is 5.69 Å². The molecule has 7 heteroatoms. The SMILES string of the molecule is CCCn1c(=O)c2c(nc(C34C[C@@H]5CC3C[C@@H](C5)C4)n2Cc2ccccc2)n(CCC#N)c1=O. The van der Waals surface area contributed by atoms with E-state index < -0.39 is 0 Å². The van der Waals surface area contributed by atoms with Crippen molar-refractivity contribution in [1.29, 1.82) is 5.26 Å². The number of aromatic nitrogens is 4. The van der Waals surface area contributed by atoms with Gasteiger partial charge in [0.25, 0.3) is 5.56 Å². The zero-order chi connectivity index (χ0) is 23.4. The summed E-state index contributed by atoms with van der Waals surface area (Å²) in [5.41, 5.74) is 1.50. The highest BCUT2D eigenvalue weighted by atomic mass is 16.2. The second-order valence-corrected chi connectivity index (χ2v) is 10.7. The monoisotopic (exact) mass is 457 g/mol. The number of imidazole rings is 1. The molecule has 2 unspecified atom stereocenters. The van der Waals surface area contributed by atoms with Crippen molar-refractivity contribution in [2.45, 2.75) is 76.9 Å². The molecule has 2 aromatic heterocycles. The second kappa shape index (κ2) is 7.97. The van der Waals surface area contributed by atoms with E-state index in [4.69, 9.17) is 4.98 Å². The summed E-state index contributed by atoms with van der Waals surface area (Å²) in [6, 6.07) is 12.4. The minimum atomic E-state index is -0.347. The molecule has 4 atom stereocenters. The van der Waals surface area contributed by atoms with Crippen LogP contribution in [0.3, 0.4) is 0 Å². The smallest absolute Gasteiger partial charge is 0.317 e. The topological polar surface area (TPSA) is 85.6 Å². The van der Waals surface area contributed by atoms with Crippen molar-refractivity contribution in [1.82, 2.24) is 18.7 Å². The molecule has 2 heterocycles. The average Bonchev–Trinajstić information content (AvgIpc) is 3.41. The molecule has 0 N–H and O–H groups in total. The van der Waals surface area contributed by atoms with Gasteiger partial charge in [0.2, 0.25) is 0 Å². The molecule has 0 radical (unpaired) electrons. The molecule has 176 valence electrons. The summed E-state index contributed by atoms with van der Waals surface area (Å²) in [5, 5.41) is 9.24. The third-order valence-corrected chi connectivity index (χ3v) is 8.63. The Morgan fingerprint density at radius 3 is 2.44 bits per heavy atom. The lowest BCUT2D eigenvalue weighted by atomic mass is 9.75. The number of nitriles is 1. The van der Waals surface area contributed by atoms with Crippen LogP contribution in [-0.4, -0.2) is 18.7 Å². The molecule has 4 bridgehead atoms. The molecule has 1 aromatic carbocycles. The predicted molar refractivity (Wildman–Crippen MR) is 130 cm³/mol. The van der Waals surface area contributed by atoms with Crippen molar-refractivity contribution >= 4 is 11.2 Å². The van der Waals surface area contributed by atoms with E-state index in [-0.39, 0.29) is 29.6 Å². The third kappa shape index (κ3) is 3.04. The van der Waals surface area contributed by atoms with Crippen molar-refractivity contribution in [3.8, 4) is 6.07 Å². The van der Waals surface area contributed by atoms with Gasteiger partial charge in [0.15, 0.2) is 11.2 Å². The van der Waals surface area contributed by atoms with Crippen molar-refractivity contribution in [3.05, 3.63) is 62.6 Å². The summed E-state index contributed by atoms with van der Waals surface area (Å²) in [6.45, 7) is 3.15. The minimum Gasteiger partial charge on any atom is -0.317 e. The van der Waals surface area contributed by atoms with Crippen LogP contribution in [-0.2, 0) is 25.0 Å². The normalized spacial score (nSPS) is 27.0. The van der Waals surface area contributed by atoms with Gasteiger partial charge in [-0.05, 0) is 61.8 Å². The highest BCUT2D eigenvalue weighted by Gasteiger charge is 2.60. The Morgan fingerprint density at radius 2 is 1.76 bits per heavy atom. The van der Waals surface area contributed by atoms with Crippen LogP contribution < -0.4 is 11.2 Å². The van der Waals surface area contributed by atoms with Crippen LogP contribution in [0.1, 0.15) is 63.3 Å². The summed E-state index contributed by atoms with van der Waals surface area (Å²) in [4.78, 5) is 32.3. The molecule has 3 aromatic rings. The fraction of sp³-hybridized carbons (Fsp3) is 0.556. The van der Waals surface area contributed by atoms with Crippen LogP contribution in [0.4, 0.5) is 0 Å². The van der Waals surface area contributed by atoms with Gasteiger partial charge in [-0.3, -0.25) is 13.9 Å². The number of hydrogen-bond acceptors (Lipinski definition) is 4. The van der Waals surface area contributed by atoms with Gasteiger partial charge in [0.1, 0.15) is 5.82 Å². The number of hydrogen-bond donors (Lipinski definition) is 0. The summed E-state index contributed by atoms with van der Waals surface area (Å²) in [7, 11) is 0. The predicted octanol–water partition coefficient (Wildman–Crippen LogP) is 3.81. The average molecular weight is 458 g/mol. The van der Waals surface area contributed by atoms with Gasteiger partial charge in [-0.15, -0.1) is 0 Å². The molecule has 0 spiro atoms. The van der Waals surface area contributed by atoms with E-state index in [0.29, 0.717) is 36.6 Å². The van der Waals surface area contributed by atoms with E-state index in [2.05, 4.69) is 22.8 Å². The Morgan fingerprint density at radius 1 is 1.03 bits per heavy atom. The zero-order valence-corrected chi connectivity index (χ0v) is 19.7. The van der Waals surface area contributed by atoms with E-state index in [0.717, 1.165) is 36.1 Å². The highest BCUT2D eigenvalue weighted by Crippen LogP contribution is 2.65. The lowest BCUT2D eigenvalue weighted by Gasteiger charge is -2.32. The summed E-state index contributed by atoms with van der Waals surface area (Å²) in [6.07, 6.45) is 7.01. The molecule has 0 aliphatic heterocycles. The maximum Gasteiger partial charge on any atom is 0.332 e. The first-order chi connectivity index (χ1) is 16.6. The third-order valence-electron chi connectivity index (χ3n) is 8.63. The van der Waals surface area contributed by atoms with E-state index in [1.807, 2.05) is 25.1 Å². The highest BCUT2D eigenvalue weighted by molar-refractivity contribution is 5.72. The van der Waals surface area contributed by atoms with Crippen LogP contribution in [0.5, 0.6) is 0 Å². The van der Waals surface area contributed by atoms with Gasteiger partial charge in [-0.1, -0.05) is 37.3 Å². The van der Waals surface area contributed by atoms with E-state index in [1.165, 1.54) is 23.8 Å². The van der Waals surface area contributed by atoms with Crippen LogP contribution in [0, 0.1) is 29.1 Å². The van der Waals surface area contributed by atoms with Gasteiger partial charge in [-0.2, -0.15) is 5.26 Å². The minimum absolute atomic E-state index is 0.000480. The van der Waals surface area contributed by atoms with Crippen LogP contribution in [0.2, 0.25) is 0 Å². The van der Waals surface area contributed by atoms with Crippen LogP contribution in [0.15, 0.2) is 39.9 Å². The van der Waals surface area contributed by atoms with E-state index >= 15 is 0 Å². The molecule has 7 nitrogen and oxygen atoms in total. The summed E-state index contributed by atoms with van der Waals surface area (Å²) in [5.74, 6) is 3.11. The molecule has 0 saturated heterocycles. The van der Waals surface area contributed by atoms with Gasteiger partial charge in [0.05, 0.1) is 12.5 Å². The lowest BCUT2D eigenvalue weighted by molar-refractivity contribution is 0.258. The molecule has 4 saturated carbocycles. The van der Waals surface area contributed by atoms with Gasteiger partial charge in [0, 0.05) is 25.0 Å². The molecule has 34 heavy (non-hydrogen) atoms. The Bertz CT molecular complexity index is 1390. The zero-order valence-electron chi connectivity index (χ0n) is 19.7. The maximum atomic E-state index is 13.8. The lowest BCUT2D eigenvalue weighted by Crippen LogP contribution is -2.40. The Kier molecular flexibility index (Phi) is 5.02. The number of nitrogens with zero attached hydrogens (tertiary/aromatic N) is 5. The first-order valence-electron chi connectivity index (χ1n) is 12.7. The van der Waals surface area contributed by atoms with Crippen molar-refractivity contribution in [2.24, 2.45) is 17.8 Å². The number of fused-ring (bicyclic) bond motifs is 1. The molecule has 4 aliphatic carbocycles. The fourth-order valence-electron chi connectivity index (χ4n) is 7.54. The van der Waals surface area contributed by atoms with Crippen molar-refractivity contribution in [3.63, 3.8) is 0 Å². The maximum absolute atomic E-state index is 13.8. The Balaban J connectivity index is 1.65. The number of rotatable bonds is 7. The molecule has 4 fully saturated rings. The molecule has 7 rings (SSSR count). The number of benzene rings is 1. The standard InChI is InChI=1S/C27H31N5O2/c1-2-10-31-24(33)22-23(30(26(31)34)11-6-9-28)29-25(32(22)17-18-7-4-3-5-8-18)27-15-19-12-20(16-27)14-21(27)13-19/h3-5,7-8,19-21H,2,6,10-17H2,1H3/t19-,20+,21?,27?. The fourth-order valence-corrected chi connectivity index (χ4v) is 7.54. The number of aryl methyl sites for hydroxylation is 1. The first-order valence-corrected chi connectivity index (χ1v) is 12.7. The first kappa shape index (κ1) is 21.4. The quantitative estimate of drug-likeness (QED) is 0.540. The second-order valence-electron chi connectivity index (χ2n) is 10.7. The van der Waals surface area contributed by atoms with Gasteiger partial charge < -0.3 is 4.57 Å². The van der Waals surface area contributed by atoms with Gasteiger partial charge in [-0.25, -0.2) is 9.78 Å². The molecular formula is C27H31N5O2. The molecule has 0 amide bonds. The van der Waals surface area contributed by atoms with E-state index in [9.17, 15) is 14.9 Å². The van der Waals surface area contributed by atoms with Crippen molar-refractivity contribution < 1.29 is 0 Å². The largest absolute Gasteiger partial charge is 0.332 e.